The molecule has 0 spiro atoms. The molecular weight excluding hydrogens is 476 g/mol. The van der Waals surface area contributed by atoms with E-state index in [4.69, 9.17) is 15.2 Å². The molecule has 2 aromatic rings. The number of rotatable bonds is 5. The average molecular weight is 499 g/mol. The molecule has 1 aliphatic rings. The van der Waals surface area contributed by atoms with Crippen molar-refractivity contribution < 1.29 is 14.3 Å². The lowest BCUT2D eigenvalue weighted by atomic mass is 9.80. The van der Waals surface area contributed by atoms with Gasteiger partial charge in [-0.15, -0.1) is 11.8 Å². The van der Waals surface area contributed by atoms with Crippen molar-refractivity contribution in [2.24, 2.45) is 5.73 Å². The second-order valence-electron chi connectivity index (χ2n) is 7.26. The zero-order valence-electron chi connectivity index (χ0n) is 17.8. The minimum absolute atomic E-state index is 0.0171. The number of benzene rings is 2. The van der Waals surface area contributed by atoms with Crippen LogP contribution in [0, 0.1) is 25.2 Å². The summed E-state index contributed by atoms with van der Waals surface area (Å²) in [5.41, 5.74) is 10.6. The summed E-state index contributed by atoms with van der Waals surface area (Å²) in [6, 6.07) is 14.4. The summed E-state index contributed by atoms with van der Waals surface area (Å²) < 4.78 is 11.5. The Balaban J connectivity index is 2.06. The lowest BCUT2D eigenvalue weighted by Crippen LogP contribution is -2.25. The number of hydrogen-bond donors (Lipinski definition) is 1. The van der Waals surface area contributed by atoms with Crippen LogP contribution in [0.3, 0.4) is 0 Å². The van der Waals surface area contributed by atoms with Gasteiger partial charge in [0.15, 0.2) is 0 Å². The fraction of sp³-hybridized carbons (Fsp3) is 0.250. The molecule has 3 rings (SSSR count). The molecule has 0 saturated carbocycles. The van der Waals surface area contributed by atoms with Gasteiger partial charge in [0.2, 0.25) is 5.88 Å². The van der Waals surface area contributed by atoms with E-state index in [1.807, 2.05) is 19.1 Å². The molecule has 0 aromatic heterocycles. The number of halogens is 1. The van der Waals surface area contributed by atoms with E-state index in [0.717, 1.165) is 37.4 Å². The van der Waals surface area contributed by atoms with E-state index in [-0.39, 0.29) is 11.5 Å². The Morgan fingerprint density at radius 1 is 1.23 bits per heavy atom. The lowest BCUT2D eigenvalue weighted by molar-refractivity contribution is -0.136. The SMILES string of the molecule is COC(=O)C1=C(C)OC(N)=C(C#N)[C@H]1c1cc(CSc2ccc(Br)cc2)c(C)cc1C. The summed E-state index contributed by atoms with van der Waals surface area (Å²) in [4.78, 5) is 13.7. The molecule has 7 heteroatoms. The first-order valence-corrected chi connectivity index (χ1v) is 11.4. The summed E-state index contributed by atoms with van der Waals surface area (Å²) >= 11 is 5.18. The standard InChI is InChI=1S/C24H23BrN2O3S/c1-13-9-14(2)19(10-16(13)12-31-18-7-5-17(25)6-8-18)22-20(11-26)23(27)30-15(3)21(22)24(28)29-4/h5-10,22H,12,27H2,1-4H3/t22-/m1/s1. The molecule has 2 N–H and O–H groups in total. The number of nitrogens with two attached hydrogens (primary N) is 1. The Labute approximate surface area is 195 Å². The van der Waals surface area contributed by atoms with Crippen molar-refractivity contribution >= 4 is 33.7 Å². The minimum Gasteiger partial charge on any atom is -0.466 e. The molecule has 0 aliphatic carbocycles. The summed E-state index contributed by atoms with van der Waals surface area (Å²) in [6.45, 7) is 5.70. The van der Waals surface area contributed by atoms with E-state index in [1.165, 1.54) is 7.11 Å². The second kappa shape index (κ2) is 9.63. The Bertz CT molecular complexity index is 1130. The quantitative estimate of drug-likeness (QED) is 0.425. The van der Waals surface area contributed by atoms with Gasteiger partial charge >= 0.3 is 5.97 Å². The third-order valence-electron chi connectivity index (χ3n) is 5.25. The van der Waals surface area contributed by atoms with Crippen LogP contribution in [0.2, 0.25) is 0 Å². The monoisotopic (exact) mass is 498 g/mol. The largest absolute Gasteiger partial charge is 0.466 e. The third-order valence-corrected chi connectivity index (χ3v) is 6.84. The molecule has 160 valence electrons. The molecule has 0 amide bonds. The van der Waals surface area contributed by atoms with Crippen LogP contribution in [0.4, 0.5) is 0 Å². The van der Waals surface area contributed by atoms with E-state index < -0.39 is 11.9 Å². The van der Waals surface area contributed by atoms with Gasteiger partial charge in [0.05, 0.1) is 18.6 Å². The van der Waals surface area contributed by atoms with Gasteiger partial charge in [-0.3, -0.25) is 0 Å². The molecule has 0 fully saturated rings. The van der Waals surface area contributed by atoms with Crippen LogP contribution in [0.15, 0.2) is 68.6 Å². The first-order valence-electron chi connectivity index (χ1n) is 9.61. The van der Waals surface area contributed by atoms with Crippen LogP contribution in [-0.4, -0.2) is 13.1 Å². The van der Waals surface area contributed by atoms with Gasteiger partial charge in [-0.05, 0) is 67.3 Å². The Kier molecular flexibility index (Phi) is 7.14. The highest BCUT2D eigenvalue weighted by Gasteiger charge is 2.37. The molecule has 1 aliphatic heterocycles. The van der Waals surface area contributed by atoms with Gasteiger partial charge in [-0.1, -0.05) is 28.1 Å². The molecule has 31 heavy (non-hydrogen) atoms. The zero-order valence-corrected chi connectivity index (χ0v) is 20.2. The molecule has 1 atom stereocenters. The van der Waals surface area contributed by atoms with Crippen LogP contribution in [-0.2, 0) is 20.0 Å². The van der Waals surface area contributed by atoms with Crippen LogP contribution in [0.25, 0.3) is 0 Å². The van der Waals surface area contributed by atoms with E-state index in [9.17, 15) is 10.1 Å². The normalized spacial score (nSPS) is 16.1. The molecule has 2 aromatic carbocycles. The van der Waals surface area contributed by atoms with Crippen LogP contribution in [0.5, 0.6) is 0 Å². The molecule has 0 bridgehead atoms. The minimum atomic E-state index is -0.636. The Morgan fingerprint density at radius 3 is 2.52 bits per heavy atom. The van der Waals surface area contributed by atoms with Crippen LogP contribution < -0.4 is 5.73 Å². The number of allylic oxidation sites excluding steroid dienone is 2. The topological polar surface area (TPSA) is 85.3 Å². The zero-order chi connectivity index (χ0) is 22.7. The van der Waals surface area contributed by atoms with Gasteiger partial charge < -0.3 is 15.2 Å². The first-order chi connectivity index (χ1) is 14.8. The summed E-state index contributed by atoms with van der Waals surface area (Å²) in [7, 11) is 1.32. The first kappa shape index (κ1) is 23.0. The van der Waals surface area contributed by atoms with Crippen LogP contribution >= 0.6 is 27.7 Å². The number of carbonyl (C=O) groups is 1. The predicted octanol–water partition coefficient (Wildman–Crippen LogP) is 5.61. The fourth-order valence-corrected chi connectivity index (χ4v) is 4.87. The van der Waals surface area contributed by atoms with Gasteiger partial charge in [-0.25, -0.2) is 4.79 Å². The molecule has 0 saturated heterocycles. The van der Waals surface area contributed by atoms with Crippen molar-refractivity contribution in [2.75, 3.05) is 7.11 Å². The Morgan fingerprint density at radius 2 is 1.90 bits per heavy atom. The fourth-order valence-electron chi connectivity index (χ4n) is 3.64. The maximum absolute atomic E-state index is 12.6. The van der Waals surface area contributed by atoms with Crippen LogP contribution in [0.1, 0.15) is 35.1 Å². The van der Waals surface area contributed by atoms with E-state index >= 15 is 0 Å². The summed E-state index contributed by atoms with van der Waals surface area (Å²) in [5.74, 6) is -0.0549. The number of methoxy groups -OCH3 is 1. The van der Waals surface area contributed by atoms with Gasteiger partial charge in [0.1, 0.15) is 17.4 Å². The number of nitriles is 1. The average Bonchev–Trinajstić information content (AvgIpc) is 2.73. The number of aryl methyl sites for hydroxylation is 2. The van der Waals surface area contributed by atoms with Crippen molar-refractivity contribution in [3.63, 3.8) is 0 Å². The highest BCUT2D eigenvalue weighted by Crippen LogP contribution is 2.42. The van der Waals surface area contributed by atoms with Gasteiger partial charge in [-0.2, -0.15) is 5.26 Å². The number of ether oxygens (including phenoxy) is 2. The van der Waals surface area contributed by atoms with Crippen molar-refractivity contribution in [1.29, 1.82) is 5.26 Å². The van der Waals surface area contributed by atoms with E-state index in [1.54, 1.807) is 18.7 Å². The van der Waals surface area contributed by atoms with Crippen molar-refractivity contribution in [1.82, 2.24) is 0 Å². The van der Waals surface area contributed by atoms with E-state index in [0.29, 0.717) is 11.3 Å². The number of thioether (sulfide) groups is 1. The second-order valence-corrected chi connectivity index (χ2v) is 9.23. The maximum atomic E-state index is 12.6. The smallest absolute Gasteiger partial charge is 0.338 e. The summed E-state index contributed by atoms with van der Waals surface area (Å²) in [6.07, 6.45) is 0. The lowest BCUT2D eigenvalue weighted by Gasteiger charge is -2.28. The number of esters is 1. The van der Waals surface area contributed by atoms with Gasteiger partial charge in [0.25, 0.3) is 0 Å². The predicted molar refractivity (Wildman–Crippen MR) is 125 cm³/mol. The summed E-state index contributed by atoms with van der Waals surface area (Å²) in [5, 5.41) is 9.79. The molecule has 5 nitrogen and oxygen atoms in total. The maximum Gasteiger partial charge on any atom is 0.338 e. The molecule has 1 heterocycles. The number of nitrogens with zero attached hydrogens (tertiary/aromatic N) is 1. The molecule has 0 radical (unpaired) electrons. The Hall–Kier alpha value is -2.69. The molecule has 0 unspecified atom stereocenters. The van der Waals surface area contributed by atoms with Crippen molar-refractivity contribution in [2.45, 2.75) is 37.3 Å². The number of carbonyl (C=O) groups excluding carboxylic acids is 1. The third kappa shape index (κ3) is 4.81. The van der Waals surface area contributed by atoms with E-state index in [2.05, 4.69) is 53.2 Å². The van der Waals surface area contributed by atoms with Crippen molar-refractivity contribution in [3.8, 4) is 6.07 Å². The highest BCUT2D eigenvalue weighted by atomic mass is 79.9. The highest BCUT2D eigenvalue weighted by molar-refractivity contribution is 9.10. The van der Waals surface area contributed by atoms with Crippen molar-refractivity contribution in [3.05, 3.63) is 85.9 Å². The number of hydrogen-bond acceptors (Lipinski definition) is 6. The van der Waals surface area contributed by atoms with Gasteiger partial charge in [0, 0.05) is 15.1 Å². The molecular formula is C24H23BrN2O3S.